The SMILES string of the molecule is COc1ccccc1NC(=O)N[C@@H]1[C@H](OC(C)=O)O[C@@H]([C@@H](COC(C)=O)OC(C)=O)[C@H](OC(C)=O)[C@H]1OC(C)=O. The summed E-state index contributed by atoms with van der Waals surface area (Å²) in [7, 11) is 1.40. The molecule has 1 saturated heterocycles. The molecule has 0 aliphatic carbocycles. The number of hydrogen-bond donors (Lipinski definition) is 2. The minimum atomic E-state index is -1.66. The number of amides is 2. The minimum absolute atomic E-state index is 0.276. The highest BCUT2D eigenvalue weighted by Crippen LogP contribution is 2.31. The quantitative estimate of drug-likeness (QED) is 0.298. The van der Waals surface area contributed by atoms with Crippen LogP contribution in [0.5, 0.6) is 5.75 Å². The van der Waals surface area contributed by atoms with Crippen LogP contribution in [0.25, 0.3) is 0 Å². The van der Waals surface area contributed by atoms with E-state index in [1.165, 1.54) is 7.11 Å². The summed E-state index contributed by atoms with van der Waals surface area (Å²) < 4.78 is 37.4. The van der Waals surface area contributed by atoms with E-state index in [0.29, 0.717) is 5.75 Å². The minimum Gasteiger partial charge on any atom is -0.495 e. The zero-order valence-corrected chi connectivity index (χ0v) is 22.8. The van der Waals surface area contributed by atoms with Crippen LogP contribution >= 0.6 is 0 Å². The first-order chi connectivity index (χ1) is 18.8. The lowest BCUT2D eigenvalue weighted by atomic mass is 9.93. The number of benzene rings is 1. The van der Waals surface area contributed by atoms with Crippen LogP contribution in [0.15, 0.2) is 24.3 Å². The molecule has 1 aliphatic rings. The van der Waals surface area contributed by atoms with Crippen molar-refractivity contribution in [2.45, 2.75) is 71.4 Å². The highest BCUT2D eigenvalue weighted by atomic mass is 16.7. The lowest BCUT2D eigenvalue weighted by Gasteiger charge is -2.46. The van der Waals surface area contributed by atoms with Gasteiger partial charge in [-0.05, 0) is 12.1 Å². The van der Waals surface area contributed by atoms with Gasteiger partial charge < -0.3 is 43.8 Å². The van der Waals surface area contributed by atoms with E-state index >= 15 is 0 Å². The zero-order chi connectivity index (χ0) is 30.0. The number of rotatable bonds is 10. The van der Waals surface area contributed by atoms with Crippen molar-refractivity contribution in [1.82, 2.24) is 5.32 Å². The predicted molar refractivity (Wildman–Crippen MR) is 133 cm³/mol. The second-order valence-corrected chi connectivity index (χ2v) is 8.50. The first-order valence-corrected chi connectivity index (χ1v) is 12.0. The third kappa shape index (κ3) is 9.41. The van der Waals surface area contributed by atoms with Crippen molar-refractivity contribution in [2.24, 2.45) is 0 Å². The molecule has 0 unspecified atom stereocenters. The first-order valence-electron chi connectivity index (χ1n) is 12.0. The summed E-state index contributed by atoms with van der Waals surface area (Å²) in [6.45, 7) is 4.81. The Balaban J connectivity index is 2.53. The Morgan fingerprint density at radius 1 is 0.825 bits per heavy atom. The summed E-state index contributed by atoms with van der Waals surface area (Å²) in [5.41, 5.74) is 0.276. The van der Waals surface area contributed by atoms with Crippen molar-refractivity contribution in [1.29, 1.82) is 0 Å². The molecule has 2 amide bonds. The molecular formula is C25H32N2O13. The van der Waals surface area contributed by atoms with Crippen molar-refractivity contribution in [2.75, 3.05) is 19.0 Å². The van der Waals surface area contributed by atoms with Crippen LogP contribution < -0.4 is 15.4 Å². The standard InChI is InChI=1S/C25H32N2O13/c1-12(28)35-11-19(36-13(2)29)21-23(38-15(4)31)22(37-14(3)30)20(24(40-21)39-16(5)32)27-25(33)26-17-9-7-8-10-18(17)34-6/h7-10,19-24H,11H2,1-6H3,(H2,26,27,33)/t19-,20+,21+,22+,23+,24-/m1/s1. The van der Waals surface area contributed by atoms with Gasteiger partial charge in [-0.3, -0.25) is 24.0 Å². The fourth-order valence-corrected chi connectivity index (χ4v) is 3.90. The molecule has 2 N–H and O–H groups in total. The molecule has 1 aromatic rings. The summed E-state index contributed by atoms with van der Waals surface area (Å²) in [5.74, 6) is -3.77. The van der Waals surface area contributed by atoms with Gasteiger partial charge in [-0.2, -0.15) is 0 Å². The molecule has 1 heterocycles. The normalized spacial score (nSPS) is 22.5. The molecule has 1 aliphatic heterocycles. The molecule has 0 spiro atoms. The third-order valence-electron chi connectivity index (χ3n) is 5.26. The van der Waals surface area contributed by atoms with Crippen LogP contribution in [-0.4, -0.2) is 86.3 Å². The van der Waals surface area contributed by atoms with Gasteiger partial charge in [0.25, 0.3) is 0 Å². The molecule has 15 heteroatoms. The van der Waals surface area contributed by atoms with E-state index in [-0.39, 0.29) is 5.69 Å². The molecule has 0 aromatic heterocycles. The van der Waals surface area contributed by atoms with Gasteiger partial charge in [0.1, 0.15) is 24.5 Å². The Bertz CT molecular complexity index is 1110. The average molecular weight is 569 g/mol. The topological polar surface area (TPSA) is 191 Å². The van der Waals surface area contributed by atoms with E-state index < -0.39 is 79.2 Å². The monoisotopic (exact) mass is 568 g/mol. The van der Waals surface area contributed by atoms with Crippen molar-refractivity contribution >= 4 is 41.6 Å². The summed E-state index contributed by atoms with van der Waals surface area (Å²) in [6, 6.07) is 4.18. The molecule has 0 saturated carbocycles. The maximum Gasteiger partial charge on any atom is 0.319 e. The summed E-state index contributed by atoms with van der Waals surface area (Å²) in [6.07, 6.45) is -7.63. The Hall–Kier alpha value is -4.40. The fraction of sp³-hybridized carbons (Fsp3) is 0.520. The van der Waals surface area contributed by atoms with E-state index in [9.17, 15) is 28.8 Å². The number of hydrogen-bond acceptors (Lipinski definition) is 13. The van der Waals surface area contributed by atoms with Crippen LogP contribution in [0.2, 0.25) is 0 Å². The highest BCUT2D eigenvalue weighted by Gasteiger charge is 2.55. The van der Waals surface area contributed by atoms with Gasteiger partial charge >= 0.3 is 35.9 Å². The molecule has 1 aromatic carbocycles. The van der Waals surface area contributed by atoms with Gasteiger partial charge in [-0.1, -0.05) is 12.1 Å². The number of urea groups is 1. The number of esters is 5. The largest absolute Gasteiger partial charge is 0.495 e. The van der Waals surface area contributed by atoms with Crippen molar-refractivity contribution in [3.05, 3.63) is 24.3 Å². The number of para-hydroxylation sites is 2. The number of carbonyl (C=O) groups excluding carboxylic acids is 6. The van der Waals surface area contributed by atoms with Crippen LogP contribution in [0.1, 0.15) is 34.6 Å². The van der Waals surface area contributed by atoms with Crippen molar-refractivity contribution in [3.8, 4) is 5.75 Å². The van der Waals surface area contributed by atoms with Crippen LogP contribution in [0.4, 0.5) is 10.5 Å². The van der Waals surface area contributed by atoms with E-state index in [4.69, 9.17) is 33.2 Å². The lowest BCUT2D eigenvalue weighted by molar-refractivity contribution is -0.282. The molecule has 40 heavy (non-hydrogen) atoms. The van der Waals surface area contributed by atoms with Gasteiger partial charge in [-0.15, -0.1) is 0 Å². The maximum absolute atomic E-state index is 13.0. The zero-order valence-electron chi connectivity index (χ0n) is 22.8. The predicted octanol–water partition coefficient (Wildman–Crippen LogP) is 0.832. The number of methoxy groups -OCH3 is 1. The summed E-state index contributed by atoms with van der Waals surface area (Å²) in [4.78, 5) is 72.6. The number of nitrogens with one attached hydrogen (secondary N) is 2. The van der Waals surface area contributed by atoms with Crippen molar-refractivity contribution in [3.63, 3.8) is 0 Å². The van der Waals surface area contributed by atoms with Gasteiger partial charge in [0.15, 0.2) is 18.3 Å². The van der Waals surface area contributed by atoms with Gasteiger partial charge in [0.2, 0.25) is 6.29 Å². The molecule has 6 atom stereocenters. The number of carbonyl (C=O) groups is 6. The molecule has 2 rings (SSSR count). The van der Waals surface area contributed by atoms with E-state index in [2.05, 4.69) is 10.6 Å². The Morgan fingerprint density at radius 2 is 1.43 bits per heavy atom. The van der Waals surface area contributed by atoms with Gasteiger partial charge in [-0.25, -0.2) is 4.79 Å². The van der Waals surface area contributed by atoms with Crippen LogP contribution in [0.3, 0.4) is 0 Å². The average Bonchev–Trinajstić information content (AvgIpc) is 2.84. The second kappa shape index (κ2) is 14.7. The number of ether oxygens (including phenoxy) is 7. The lowest BCUT2D eigenvalue weighted by Crippen LogP contribution is -2.69. The molecule has 0 bridgehead atoms. The molecule has 15 nitrogen and oxygen atoms in total. The number of anilines is 1. The Kier molecular flexibility index (Phi) is 11.7. The van der Waals surface area contributed by atoms with Gasteiger partial charge in [0, 0.05) is 34.6 Å². The maximum atomic E-state index is 13.0. The van der Waals surface area contributed by atoms with Crippen LogP contribution in [-0.2, 0) is 52.4 Å². The third-order valence-corrected chi connectivity index (χ3v) is 5.26. The van der Waals surface area contributed by atoms with E-state index in [1.807, 2.05) is 0 Å². The summed E-state index contributed by atoms with van der Waals surface area (Å²) in [5, 5.41) is 5.07. The second-order valence-electron chi connectivity index (χ2n) is 8.50. The highest BCUT2D eigenvalue weighted by molar-refractivity contribution is 5.91. The van der Waals surface area contributed by atoms with E-state index in [0.717, 1.165) is 34.6 Å². The summed E-state index contributed by atoms with van der Waals surface area (Å²) >= 11 is 0. The smallest absolute Gasteiger partial charge is 0.319 e. The van der Waals surface area contributed by atoms with Crippen LogP contribution in [0, 0.1) is 0 Å². The first kappa shape index (κ1) is 31.8. The molecule has 1 fully saturated rings. The molecular weight excluding hydrogens is 536 g/mol. The Labute approximate surface area is 229 Å². The molecule has 0 radical (unpaired) electrons. The Morgan fingerprint density at radius 3 is 1.98 bits per heavy atom. The van der Waals surface area contributed by atoms with Crippen molar-refractivity contribution < 1.29 is 61.9 Å². The fourth-order valence-electron chi connectivity index (χ4n) is 3.90. The van der Waals surface area contributed by atoms with Gasteiger partial charge in [0.05, 0.1) is 12.8 Å². The van der Waals surface area contributed by atoms with E-state index in [1.54, 1.807) is 24.3 Å². The molecule has 220 valence electrons.